The van der Waals surface area contributed by atoms with Gasteiger partial charge in [-0.1, -0.05) is 42.5 Å². The average Bonchev–Trinajstić information content (AvgIpc) is 2.70. The third-order valence-electron chi connectivity index (χ3n) is 4.71. The second-order valence-corrected chi connectivity index (χ2v) is 8.66. The third-order valence-corrected chi connectivity index (χ3v) is 6.62. The van der Waals surface area contributed by atoms with Crippen LogP contribution in [-0.4, -0.2) is 39.0 Å². The second-order valence-electron chi connectivity index (χ2n) is 6.75. The quantitative estimate of drug-likeness (QED) is 0.691. The summed E-state index contributed by atoms with van der Waals surface area (Å²) >= 11 is 0. The topological polar surface area (TPSA) is 55.8 Å². The zero-order valence-electron chi connectivity index (χ0n) is 15.7. The largest absolute Gasteiger partial charge is 0.492 e. The van der Waals surface area contributed by atoms with Gasteiger partial charge in [0.1, 0.15) is 10.6 Å². The highest BCUT2D eigenvalue weighted by atomic mass is 32.2. The molecule has 1 fully saturated rings. The highest BCUT2D eigenvalue weighted by Gasteiger charge is 2.32. The van der Waals surface area contributed by atoms with E-state index in [4.69, 9.17) is 9.47 Å². The Balaban J connectivity index is 1.63. The van der Waals surface area contributed by atoms with Crippen molar-refractivity contribution in [1.82, 2.24) is 4.31 Å². The smallest absolute Gasteiger partial charge is 0.246 e. The van der Waals surface area contributed by atoms with E-state index in [0.29, 0.717) is 38.7 Å². The van der Waals surface area contributed by atoms with E-state index < -0.39 is 10.0 Å². The Kier molecular flexibility index (Phi) is 6.88. The van der Waals surface area contributed by atoms with E-state index >= 15 is 0 Å². The van der Waals surface area contributed by atoms with Crippen LogP contribution in [0.3, 0.4) is 0 Å². The van der Waals surface area contributed by atoms with Crippen LogP contribution in [0.2, 0.25) is 0 Å². The first kappa shape index (κ1) is 19.9. The minimum absolute atomic E-state index is 0.205. The summed E-state index contributed by atoms with van der Waals surface area (Å²) < 4.78 is 39.2. The first-order chi connectivity index (χ1) is 13.1. The van der Waals surface area contributed by atoms with Crippen molar-refractivity contribution < 1.29 is 17.9 Å². The van der Waals surface area contributed by atoms with E-state index in [1.807, 2.05) is 37.3 Å². The molecular formula is C21H27NO4S. The Labute approximate surface area is 162 Å². The number of benzene rings is 2. The van der Waals surface area contributed by atoms with E-state index in [1.165, 1.54) is 0 Å². The minimum Gasteiger partial charge on any atom is -0.492 e. The van der Waals surface area contributed by atoms with Crippen LogP contribution in [0.5, 0.6) is 5.75 Å². The molecule has 0 radical (unpaired) electrons. The normalized spacial score (nSPS) is 18.3. The van der Waals surface area contributed by atoms with Gasteiger partial charge in [-0.15, -0.1) is 0 Å². The van der Waals surface area contributed by atoms with Crippen LogP contribution in [0.1, 0.15) is 25.3 Å². The fourth-order valence-corrected chi connectivity index (χ4v) is 5.06. The summed E-state index contributed by atoms with van der Waals surface area (Å²) in [5.41, 5.74) is 1.13. The van der Waals surface area contributed by atoms with Crippen LogP contribution in [0.25, 0.3) is 0 Å². The third kappa shape index (κ3) is 5.09. The summed E-state index contributed by atoms with van der Waals surface area (Å²) in [7, 11) is -3.57. The summed E-state index contributed by atoms with van der Waals surface area (Å²) in [4.78, 5) is 0.248. The molecule has 6 heteroatoms. The lowest BCUT2D eigenvalue weighted by Crippen LogP contribution is -2.41. The monoisotopic (exact) mass is 389 g/mol. The molecule has 0 aromatic heterocycles. The number of nitrogens with zero attached hydrogens (tertiary/aromatic N) is 1. The summed E-state index contributed by atoms with van der Waals surface area (Å²) in [5, 5.41) is 0. The predicted molar refractivity (Wildman–Crippen MR) is 105 cm³/mol. The molecule has 0 amide bonds. The van der Waals surface area contributed by atoms with Crippen LogP contribution in [0.15, 0.2) is 59.5 Å². The lowest BCUT2D eigenvalue weighted by Gasteiger charge is -2.32. The predicted octanol–water partition coefficient (Wildman–Crippen LogP) is 3.70. The Bertz CT molecular complexity index is 823. The van der Waals surface area contributed by atoms with Crippen LogP contribution >= 0.6 is 0 Å². The van der Waals surface area contributed by atoms with Crippen LogP contribution in [0, 0.1) is 5.92 Å². The van der Waals surface area contributed by atoms with Gasteiger partial charge < -0.3 is 9.47 Å². The van der Waals surface area contributed by atoms with E-state index in [9.17, 15) is 8.42 Å². The molecule has 0 spiro atoms. The van der Waals surface area contributed by atoms with Gasteiger partial charge in [0.25, 0.3) is 0 Å². The van der Waals surface area contributed by atoms with Crippen LogP contribution in [-0.2, 0) is 21.4 Å². The average molecular weight is 390 g/mol. The van der Waals surface area contributed by atoms with Gasteiger partial charge in [0.15, 0.2) is 0 Å². The van der Waals surface area contributed by atoms with Gasteiger partial charge in [-0.2, -0.15) is 4.31 Å². The van der Waals surface area contributed by atoms with Gasteiger partial charge in [0.05, 0.1) is 19.8 Å². The van der Waals surface area contributed by atoms with Crippen LogP contribution in [0.4, 0.5) is 0 Å². The van der Waals surface area contributed by atoms with E-state index in [0.717, 1.165) is 18.4 Å². The van der Waals surface area contributed by atoms with Gasteiger partial charge in [0.2, 0.25) is 10.0 Å². The second kappa shape index (κ2) is 9.35. The number of rotatable bonds is 8. The van der Waals surface area contributed by atoms with Crippen molar-refractivity contribution in [1.29, 1.82) is 0 Å². The van der Waals surface area contributed by atoms with Gasteiger partial charge in [-0.3, -0.25) is 0 Å². The molecule has 2 aromatic carbocycles. The molecule has 146 valence electrons. The molecule has 1 saturated heterocycles. The molecule has 27 heavy (non-hydrogen) atoms. The SMILES string of the molecule is CCOc1ccccc1S(=O)(=O)N1CCCC(COCc2ccccc2)C1. The Morgan fingerprint density at radius 3 is 2.59 bits per heavy atom. The van der Waals surface area contributed by atoms with Crippen LogP contribution < -0.4 is 4.74 Å². The lowest BCUT2D eigenvalue weighted by atomic mass is 10.0. The van der Waals surface area contributed by atoms with Crippen molar-refractivity contribution in [2.75, 3.05) is 26.3 Å². The fraction of sp³-hybridized carbons (Fsp3) is 0.429. The van der Waals surface area contributed by atoms with Crippen molar-refractivity contribution in [2.45, 2.75) is 31.3 Å². The lowest BCUT2D eigenvalue weighted by molar-refractivity contribution is 0.0672. The Morgan fingerprint density at radius 2 is 1.81 bits per heavy atom. The van der Waals surface area contributed by atoms with E-state index in [1.54, 1.807) is 28.6 Å². The van der Waals surface area contributed by atoms with Gasteiger partial charge in [0, 0.05) is 13.1 Å². The highest BCUT2D eigenvalue weighted by molar-refractivity contribution is 7.89. The molecule has 0 aliphatic carbocycles. The molecule has 1 aliphatic rings. The van der Waals surface area contributed by atoms with Crippen molar-refractivity contribution in [2.24, 2.45) is 5.92 Å². The first-order valence-corrected chi connectivity index (χ1v) is 10.9. The maximum atomic E-state index is 13.1. The Morgan fingerprint density at radius 1 is 1.07 bits per heavy atom. The molecule has 0 N–H and O–H groups in total. The first-order valence-electron chi connectivity index (χ1n) is 9.45. The number of ether oxygens (including phenoxy) is 2. The molecule has 5 nitrogen and oxygen atoms in total. The number of hydrogen-bond donors (Lipinski definition) is 0. The van der Waals surface area contributed by atoms with Crippen molar-refractivity contribution in [3.8, 4) is 5.75 Å². The highest BCUT2D eigenvalue weighted by Crippen LogP contribution is 2.29. The van der Waals surface area contributed by atoms with Crippen molar-refractivity contribution >= 4 is 10.0 Å². The summed E-state index contributed by atoms with van der Waals surface area (Å²) in [6.45, 7) is 4.42. The summed E-state index contributed by atoms with van der Waals surface area (Å²) in [6.07, 6.45) is 1.82. The molecule has 1 aliphatic heterocycles. The molecule has 1 unspecified atom stereocenters. The fourth-order valence-electron chi connectivity index (χ4n) is 3.38. The molecule has 0 saturated carbocycles. The maximum absolute atomic E-state index is 13.1. The number of sulfonamides is 1. The van der Waals surface area contributed by atoms with Gasteiger partial charge in [-0.05, 0) is 43.4 Å². The summed E-state index contributed by atoms with van der Waals surface area (Å²) in [6, 6.07) is 16.9. The van der Waals surface area contributed by atoms with Crippen molar-refractivity contribution in [3.63, 3.8) is 0 Å². The number of para-hydroxylation sites is 1. The van der Waals surface area contributed by atoms with Gasteiger partial charge in [-0.25, -0.2) is 8.42 Å². The minimum atomic E-state index is -3.57. The molecule has 1 heterocycles. The molecule has 2 aromatic rings. The molecular weight excluding hydrogens is 362 g/mol. The van der Waals surface area contributed by atoms with Gasteiger partial charge >= 0.3 is 0 Å². The number of piperidine rings is 1. The van der Waals surface area contributed by atoms with E-state index in [-0.39, 0.29) is 10.8 Å². The van der Waals surface area contributed by atoms with E-state index in [2.05, 4.69) is 0 Å². The maximum Gasteiger partial charge on any atom is 0.246 e. The zero-order chi connectivity index (χ0) is 19.1. The van der Waals surface area contributed by atoms with Crippen molar-refractivity contribution in [3.05, 3.63) is 60.2 Å². The number of hydrogen-bond acceptors (Lipinski definition) is 4. The molecule has 3 rings (SSSR count). The standard InChI is InChI=1S/C21H27NO4S/c1-2-26-20-12-6-7-13-21(20)27(23,24)22-14-8-11-19(15-22)17-25-16-18-9-4-3-5-10-18/h3-7,9-10,12-13,19H,2,8,11,14-17H2,1H3. The Hall–Kier alpha value is -1.89. The summed E-state index contributed by atoms with van der Waals surface area (Å²) in [5.74, 6) is 0.624. The molecule has 0 bridgehead atoms. The zero-order valence-corrected chi connectivity index (χ0v) is 16.5. The molecule has 1 atom stereocenters.